The van der Waals surface area contributed by atoms with Crippen LogP contribution in [0, 0.1) is 6.92 Å². The van der Waals surface area contributed by atoms with Crippen LogP contribution in [0.25, 0.3) is 0 Å². The van der Waals surface area contributed by atoms with Crippen molar-refractivity contribution in [3.63, 3.8) is 0 Å². The maximum Gasteiger partial charge on any atom is 0.261 e. The van der Waals surface area contributed by atoms with Crippen LogP contribution in [0.5, 0.6) is 0 Å². The van der Waals surface area contributed by atoms with E-state index < -0.39 is 0 Å². The minimum absolute atomic E-state index is 0.177. The summed E-state index contributed by atoms with van der Waals surface area (Å²) < 4.78 is 0. The Balaban J connectivity index is 1.89. The van der Waals surface area contributed by atoms with E-state index in [1.807, 2.05) is 45.8 Å². The van der Waals surface area contributed by atoms with Crippen LogP contribution < -0.4 is 10.5 Å². The molecule has 0 atom stereocenters. The van der Waals surface area contributed by atoms with Crippen molar-refractivity contribution in [2.75, 3.05) is 25.5 Å². The third-order valence-corrected chi connectivity index (χ3v) is 4.65. The Morgan fingerprint density at radius 1 is 1.27 bits per heavy atom. The highest BCUT2D eigenvalue weighted by atomic mass is 16.2. The van der Waals surface area contributed by atoms with Crippen LogP contribution >= 0.6 is 0 Å². The lowest BCUT2D eigenvalue weighted by molar-refractivity contribution is 0.0729. The third-order valence-electron chi connectivity index (χ3n) is 4.65. The molecule has 1 aliphatic rings. The summed E-state index contributed by atoms with van der Waals surface area (Å²) in [4.78, 5) is 40.7. The van der Waals surface area contributed by atoms with E-state index in [9.17, 15) is 9.59 Å². The van der Waals surface area contributed by atoms with Crippen LogP contribution in [-0.4, -0.2) is 46.4 Å². The molecule has 3 rings (SSSR count). The van der Waals surface area contributed by atoms with Crippen LogP contribution in [0.2, 0.25) is 0 Å². The van der Waals surface area contributed by atoms with E-state index in [-0.39, 0.29) is 22.9 Å². The van der Waals surface area contributed by atoms with Gasteiger partial charge in [0.05, 0.1) is 12.2 Å². The first-order valence-electron chi connectivity index (χ1n) is 8.84. The largest absolute Gasteiger partial charge is 0.362 e. The van der Waals surface area contributed by atoms with Gasteiger partial charge in [0.25, 0.3) is 11.5 Å². The van der Waals surface area contributed by atoms with Gasteiger partial charge < -0.3 is 14.8 Å². The molecule has 0 spiro atoms. The summed E-state index contributed by atoms with van der Waals surface area (Å²) in [6.07, 6.45) is 0.677. The van der Waals surface area contributed by atoms with Crippen molar-refractivity contribution in [3.05, 3.63) is 50.8 Å². The van der Waals surface area contributed by atoms with Gasteiger partial charge >= 0.3 is 0 Å². The number of aromatic amines is 1. The Morgan fingerprint density at radius 3 is 2.62 bits per heavy atom. The Kier molecular flexibility index (Phi) is 4.80. The number of nitrogens with one attached hydrogen (secondary N) is 1. The van der Waals surface area contributed by atoms with Crippen molar-refractivity contribution in [3.8, 4) is 0 Å². The monoisotopic (exact) mass is 355 g/mol. The SMILES string of the molecule is Cc1nc2c(c(N(C)C)n1)CCN(C(=O)c1ccc(C(C)C)[nH]c1=O)C2. The van der Waals surface area contributed by atoms with Crippen molar-refractivity contribution >= 4 is 11.7 Å². The molecule has 7 heteroatoms. The fourth-order valence-electron chi connectivity index (χ4n) is 3.24. The number of aromatic nitrogens is 3. The van der Waals surface area contributed by atoms with Crippen LogP contribution in [0.15, 0.2) is 16.9 Å². The Hall–Kier alpha value is -2.70. The van der Waals surface area contributed by atoms with E-state index in [4.69, 9.17) is 0 Å². The summed E-state index contributed by atoms with van der Waals surface area (Å²) in [5.41, 5.74) is 2.61. The Bertz CT molecular complexity index is 901. The second-order valence-corrected chi connectivity index (χ2v) is 7.20. The maximum atomic E-state index is 12.9. The number of carbonyl (C=O) groups is 1. The number of H-pyrrole nitrogens is 1. The average molecular weight is 355 g/mol. The smallest absolute Gasteiger partial charge is 0.261 e. The lowest BCUT2D eigenvalue weighted by atomic mass is 10.0. The van der Waals surface area contributed by atoms with Gasteiger partial charge in [0.1, 0.15) is 17.2 Å². The number of hydrogen-bond donors (Lipinski definition) is 1. The van der Waals surface area contributed by atoms with E-state index in [0.717, 1.165) is 22.8 Å². The Labute approximate surface area is 153 Å². The summed E-state index contributed by atoms with van der Waals surface area (Å²) in [6.45, 7) is 6.79. The molecule has 1 amide bonds. The van der Waals surface area contributed by atoms with Crippen molar-refractivity contribution in [2.24, 2.45) is 0 Å². The molecule has 26 heavy (non-hydrogen) atoms. The molecule has 7 nitrogen and oxygen atoms in total. The molecular weight excluding hydrogens is 330 g/mol. The lowest BCUT2D eigenvalue weighted by Gasteiger charge is -2.30. The van der Waals surface area contributed by atoms with Crippen molar-refractivity contribution in [1.82, 2.24) is 19.9 Å². The standard InChI is InChI=1S/C19H25N5O2/c1-11(2)15-7-6-14(18(25)22-15)19(26)24-9-8-13-16(10-24)20-12(3)21-17(13)23(4)5/h6-7,11H,8-10H2,1-5H3,(H,22,25). The summed E-state index contributed by atoms with van der Waals surface area (Å²) >= 11 is 0. The number of nitrogens with zero attached hydrogens (tertiary/aromatic N) is 4. The zero-order valence-corrected chi connectivity index (χ0v) is 16.0. The number of hydrogen-bond acceptors (Lipinski definition) is 5. The van der Waals surface area contributed by atoms with Crippen LogP contribution in [0.4, 0.5) is 5.82 Å². The lowest BCUT2D eigenvalue weighted by Crippen LogP contribution is -2.39. The summed E-state index contributed by atoms with van der Waals surface area (Å²) in [7, 11) is 3.91. The second-order valence-electron chi connectivity index (χ2n) is 7.20. The number of pyridine rings is 1. The fourth-order valence-corrected chi connectivity index (χ4v) is 3.24. The first-order chi connectivity index (χ1) is 12.3. The minimum Gasteiger partial charge on any atom is -0.362 e. The van der Waals surface area contributed by atoms with E-state index >= 15 is 0 Å². The van der Waals surface area contributed by atoms with E-state index in [2.05, 4.69) is 15.0 Å². The molecule has 138 valence electrons. The topological polar surface area (TPSA) is 82.2 Å². The van der Waals surface area contributed by atoms with E-state index in [1.165, 1.54) is 0 Å². The van der Waals surface area contributed by atoms with Crippen molar-refractivity contribution in [1.29, 1.82) is 0 Å². The molecule has 0 aromatic carbocycles. The predicted octanol–water partition coefficient (Wildman–Crippen LogP) is 1.86. The molecule has 3 heterocycles. The highest BCUT2D eigenvalue weighted by Gasteiger charge is 2.27. The summed E-state index contributed by atoms with van der Waals surface area (Å²) in [5, 5.41) is 0. The highest BCUT2D eigenvalue weighted by molar-refractivity contribution is 5.94. The fraction of sp³-hybridized carbons (Fsp3) is 0.474. The summed E-state index contributed by atoms with van der Waals surface area (Å²) in [6, 6.07) is 3.44. The molecular formula is C19H25N5O2. The first-order valence-corrected chi connectivity index (χ1v) is 8.84. The number of amides is 1. The van der Waals surface area contributed by atoms with Gasteiger partial charge in [-0.3, -0.25) is 9.59 Å². The second kappa shape index (κ2) is 6.90. The number of carbonyl (C=O) groups excluding carboxylic acids is 1. The van der Waals surface area contributed by atoms with Crippen LogP contribution in [-0.2, 0) is 13.0 Å². The molecule has 0 aliphatic carbocycles. The molecule has 0 radical (unpaired) electrons. The van der Waals surface area contributed by atoms with Crippen molar-refractivity contribution in [2.45, 2.75) is 39.7 Å². The molecule has 1 aliphatic heterocycles. The molecule has 0 saturated heterocycles. The zero-order valence-electron chi connectivity index (χ0n) is 16.0. The number of rotatable bonds is 3. The quantitative estimate of drug-likeness (QED) is 0.909. The number of fused-ring (bicyclic) bond motifs is 1. The van der Waals surface area contributed by atoms with Gasteiger partial charge in [0, 0.05) is 31.9 Å². The van der Waals surface area contributed by atoms with Gasteiger partial charge in [-0.1, -0.05) is 13.8 Å². The molecule has 0 bridgehead atoms. The maximum absolute atomic E-state index is 12.9. The van der Waals surface area contributed by atoms with Gasteiger partial charge in [-0.2, -0.15) is 0 Å². The van der Waals surface area contributed by atoms with Gasteiger partial charge in [-0.05, 0) is 31.4 Å². The molecule has 0 unspecified atom stereocenters. The van der Waals surface area contributed by atoms with Crippen LogP contribution in [0.3, 0.4) is 0 Å². The van der Waals surface area contributed by atoms with Gasteiger partial charge in [-0.25, -0.2) is 9.97 Å². The molecule has 0 saturated carbocycles. The highest BCUT2D eigenvalue weighted by Crippen LogP contribution is 2.25. The Morgan fingerprint density at radius 2 is 2.00 bits per heavy atom. The summed E-state index contributed by atoms with van der Waals surface area (Å²) in [5.74, 6) is 1.53. The zero-order chi connectivity index (χ0) is 19.0. The molecule has 2 aromatic heterocycles. The van der Waals surface area contributed by atoms with E-state index in [1.54, 1.807) is 11.0 Å². The van der Waals surface area contributed by atoms with Crippen LogP contribution in [0.1, 0.15) is 52.9 Å². The average Bonchev–Trinajstić information content (AvgIpc) is 2.59. The first kappa shape index (κ1) is 18.1. The minimum atomic E-state index is -0.333. The van der Waals surface area contributed by atoms with Gasteiger partial charge in [-0.15, -0.1) is 0 Å². The van der Waals surface area contributed by atoms with E-state index in [0.29, 0.717) is 25.3 Å². The number of anilines is 1. The van der Waals surface area contributed by atoms with Crippen molar-refractivity contribution < 1.29 is 4.79 Å². The molecule has 1 N–H and O–H groups in total. The predicted molar refractivity (Wildman–Crippen MR) is 101 cm³/mol. The third kappa shape index (κ3) is 3.34. The normalized spacial score (nSPS) is 13.7. The molecule has 0 fully saturated rings. The number of aryl methyl sites for hydroxylation is 1. The molecule has 2 aromatic rings. The van der Waals surface area contributed by atoms with Gasteiger partial charge in [0.15, 0.2) is 0 Å². The van der Waals surface area contributed by atoms with Gasteiger partial charge in [0.2, 0.25) is 0 Å².